The van der Waals surface area contributed by atoms with E-state index in [4.69, 9.17) is 12.2 Å². The number of carbonyl (C=O) groups excluding carboxylic acids is 2. The molecule has 2 N–H and O–H groups in total. The van der Waals surface area contributed by atoms with Crippen LogP contribution in [0.5, 0.6) is 0 Å². The van der Waals surface area contributed by atoms with E-state index in [1.165, 1.54) is 6.92 Å². The molecule has 6 heteroatoms. The number of fused-ring (bicyclic) bond motifs is 1. The van der Waals surface area contributed by atoms with Crippen molar-refractivity contribution in [3.63, 3.8) is 0 Å². The molecule has 0 aliphatic heterocycles. The molecule has 0 aliphatic rings. The molecule has 0 radical (unpaired) electrons. The molecule has 0 unspecified atom stereocenters. The molecule has 0 saturated carbocycles. The van der Waals surface area contributed by atoms with E-state index in [1.807, 2.05) is 30.3 Å². The quantitative estimate of drug-likeness (QED) is 0.460. The van der Waals surface area contributed by atoms with Gasteiger partial charge in [0.1, 0.15) is 0 Å². The fourth-order valence-electron chi connectivity index (χ4n) is 2.59. The number of hydrogen-bond acceptors (Lipinski definition) is 3. The Bertz CT molecular complexity index is 1020. The van der Waals surface area contributed by atoms with Crippen LogP contribution in [0, 0.1) is 0 Å². The maximum absolute atomic E-state index is 12.6. The molecule has 0 saturated heterocycles. The summed E-state index contributed by atoms with van der Waals surface area (Å²) in [6.07, 6.45) is 0. The Kier molecular flexibility index (Phi) is 5.44. The van der Waals surface area contributed by atoms with Crippen molar-refractivity contribution in [1.82, 2.24) is 5.32 Å². The third-order valence-corrected chi connectivity index (χ3v) is 4.79. The number of benzene rings is 3. The van der Waals surface area contributed by atoms with E-state index in [1.54, 1.807) is 30.3 Å². The first-order valence-corrected chi connectivity index (χ1v) is 9.06. The Morgan fingerprint density at radius 3 is 2.27 bits per heavy atom. The van der Waals surface area contributed by atoms with E-state index in [-0.39, 0.29) is 16.8 Å². The summed E-state index contributed by atoms with van der Waals surface area (Å²) in [5, 5.41) is 7.63. The zero-order valence-electron chi connectivity index (χ0n) is 13.9. The molecule has 130 valence electrons. The van der Waals surface area contributed by atoms with Gasteiger partial charge in [-0.1, -0.05) is 40.2 Å². The van der Waals surface area contributed by atoms with Crippen molar-refractivity contribution in [3.05, 3.63) is 76.3 Å². The first-order chi connectivity index (χ1) is 12.5. The lowest BCUT2D eigenvalue weighted by atomic mass is 10.0. The average Bonchev–Trinajstić information content (AvgIpc) is 2.62. The Balaban J connectivity index is 1.75. The summed E-state index contributed by atoms with van der Waals surface area (Å²) in [7, 11) is 0. The number of anilines is 1. The number of halogens is 1. The molecule has 0 bridgehead atoms. The lowest BCUT2D eigenvalue weighted by Crippen LogP contribution is -2.34. The highest BCUT2D eigenvalue weighted by Gasteiger charge is 2.12. The van der Waals surface area contributed by atoms with Crippen molar-refractivity contribution < 1.29 is 9.59 Å². The number of rotatable bonds is 3. The predicted octanol–water partition coefficient (Wildman–Crippen LogP) is 4.93. The molecule has 0 aliphatic carbocycles. The molecule has 3 rings (SSSR count). The zero-order valence-corrected chi connectivity index (χ0v) is 16.3. The van der Waals surface area contributed by atoms with Gasteiger partial charge in [0.2, 0.25) is 0 Å². The van der Waals surface area contributed by atoms with Crippen LogP contribution in [0.1, 0.15) is 27.6 Å². The summed E-state index contributed by atoms with van der Waals surface area (Å²) in [4.78, 5) is 23.9. The molecular weight excluding hydrogens is 412 g/mol. The van der Waals surface area contributed by atoms with E-state index in [0.29, 0.717) is 16.8 Å². The van der Waals surface area contributed by atoms with Crippen LogP contribution in [0.25, 0.3) is 10.8 Å². The van der Waals surface area contributed by atoms with Crippen LogP contribution < -0.4 is 10.6 Å². The highest BCUT2D eigenvalue weighted by Crippen LogP contribution is 2.26. The van der Waals surface area contributed by atoms with Gasteiger partial charge in [0, 0.05) is 21.3 Å². The number of nitrogens with one attached hydrogen (secondary N) is 2. The Labute approximate surface area is 164 Å². The predicted molar refractivity (Wildman–Crippen MR) is 112 cm³/mol. The Hall–Kier alpha value is -2.57. The number of hydrogen-bond donors (Lipinski definition) is 2. The van der Waals surface area contributed by atoms with Crippen LogP contribution in [0.15, 0.2) is 65.1 Å². The van der Waals surface area contributed by atoms with E-state index in [9.17, 15) is 9.59 Å². The summed E-state index contributed by atoms with van der Waals surface area (Å²) in [5.41, 5.74) is 1.85. The van der Waals surface area contributed by atoms with E-state index in [0.717, 1.165) is 15.2 Å². The summed E-state index contributed by atoms with van der Waals surface area (Å²) < 4.78 is 0.927. The SMILES string of the molecule is CC(=O)c1ccc(NC(=S)NC(=O)c2cccc3c(Br)cccc23)cc1. The second-order valence-electron chi connectivity index (χ2n) is 5.68. The van der Waals surface area contributed by atoms with Crippen molar-refractivity contribution in [2.45, 2.75) is 6.92 Å². The van der Waals surface area contributed by atoms with Crippen molar-refractivity contribution in [1.29, 1.82) is 0 Å². The molecule has 3 aromatic carbocycles. The molecule has 0 fully saturated rings. The minimum absolute atomic E-state index is 0.00505. The Morgan fingerprint density at radius 2 is 1.58 bits per heavy atom. The third-order valence-electron chi connectivity index (χ3n) is 3.89. The summed E-state index contributed by atoms with van der Waals surface area (Å²) >= 11 is 8.72. The lowest BCUT2D eigenvalue weighted by molar-refractivity contribution is 0.0977. The van der Waals surface area contributed by atoms with Gasteiger partial charge in [0.25, 0.3) is 5.91 Å². The average molecular weight is 427 g/mol. The lowest BCUT2D eigenvalue weighted by Gasteiger charge is -2.11. The van der Waals surface area contributed by atoms with Crippen LogP contribution in [0.3, 0.4) is 0 Å². The number of carbonyl (C=O) groups is 2. The molecule has 26 heavy (non-hydrogen) atoms. The molecule has 3 aromatic rings. The summed E-state index contributed by atoms with van der Waals surface area (Å²) in [5.74, 6) is -0.291. The van der Waals surface area contributed by atoms with Gasteiger partial charge in [0.15, 0.2) is 10.9 Å². The monoisotopic (exact) mass is 426 g/mol. The first-order valence-electron chi connectivity index (χ1n) is 7.86. The van der Waals surface area contributed by atoms with Crippen molar-refractivity contribution in [2.24, 2.45) is 0 Å². The second kappa shape index (κ2) is 7.76. The topological polar surface area (TPSA) is 58.2 Å². The van der Waals surface area contributed by atoms with E-state index in [2.05, 4.69) is 26.6 Å². The summed E-state index contributed by atoms with van der Waals surface area (Å²) in [6, 6.07) is 18.1. The van der Waals surface area contributed by atoms with Gasteiger partial charge in [-0.25, -0.2) is 0 Å². The molecule has 1 amide bonds. The highest BCUT2D eigenvalue weighted by molar-refractivity contribution is 9.10. The maximum Gasteiger partial charge on any atom is 0.258 e. The molecule has 4 nitrogen and oxygen atoms in total. The van der Waals surface area contributed by atoms with Crippen molar-refractivity contribution in [3.8, 4) is 0 Å². The fourth-order valence-corrected chi connectivity index (χ4v) is 3.30. The summed E-state index contributed by atoms with van der Waals surface area (Å²) in [6.45, 7) is 1.51. The first kappa shape index (κ1) is 18.2. The molecule has 0 aromatic heterocycles. The van der Waals surface area contributed by atoms with Gasteiger partial charge in [-0.05, 0) is 66.3 Å². The van der Waals surface area contributed by atoms with Crippen LogP contribution >= 0.6 is 28.1 Å². The third kappa shape index (κ3) is 3.98. The van der Waals surface area contributed by atoms with Gasteiger partial charge in [0.05, 0.1) is 0 Å². The zero-order chi connectivity index (χ0) is 18.7. The Morgan fingerprint density at radius 1 is 0.923 bits per heavy atom. The smallest absolute Gasteiger partial charge is 0.258 e. The van der Waals surface area contributed by atoms with E-state index >= 15 is 0 Å². The normalized spacial score (nSPS) is 10.4. The minimum atomic E-state index is -0.286. The molecule has 0 atom stereocenters. The number of ketones is 1. The van der Waals surface area contributed by atoms with E-state index < -0.39 is 0 Å². The largest absolute Gasteiger partial charge is 0.332 e. The van der Waals surface area contributed by atoms with Gasteiger partial charge < -0.3 is 5.32 Å². The van der Waals surface area contributed by atoms with Crippen LogP contribution in [0.2, 0.25) is 0 Å². The maximum atomic E-state index is 12.6. The molecular formula is C20H15BrN2O2S. The van der Waals surface area contributed by atoms with Crippen molar-refractivity contribution >= 4 is 61.4 Å². The number of Topliss-reactive ketones (excluding diaryl/α,β-unsaturated/α-hetero) is 1. The van der Waals surface area contributed by atoms with Crippen LogP contribution in [-0.4, -0.2) is 16.8 Å². The highest BCUT2D eigenvalue weighted by atomic mass is 79.9. The standard InChI is InChI=1S/C20H15BrN2O2S/c1-12(24)13-8-10-14(11-9-13)22-20(26)23-19(25)17-6-2-5-16-15(17)4-3-7-18(16)21/h2-11H,1H3,(H2,22,23,25,26). The molecule has 0 heterocycles. The number of amides is 1. The van der Waals surface area contributed by atoms with Gasteiger partial charge >= 0.3 is 0 Å². The molecule has 0 spiro atoms. The van der Waals surface area contributed by atoms with Gasteiger partial charge in [-0.2, -0.15) is 0 Å². The van der Waals surface area contributed by atoms with Crippen LogP contribution in [0.4, 0.5) is 5.69 Å². The minimum Gasteiger partial charge on any atom is -0.332 e. The van der Waals surface area contributed by atoms with Crippen molar-refractivity contribution in [2.75, 3.05) is 5.32 Å². The number of thiocarbonyl (C=S) groups is 1. The second-order valence-corrected chi connectivity index (χ2v) is 6.94. The van der Waals surface area contributed by atoms with Gasteiger partial charge in [-0.15, -0.1) is 0 Å². The van der Waals surface area contributed by atoms with Gasteiger partial charge in [-0.3, -0.25) is 14.9 Å². The fraction of sp³-hybridized carbons (Fsp3) is 0.0500. The van der Waals surface area contributed by atoms with Crippen LogP contribution in [-0.2, 0) is 0 Å².